The van der Waals surface area contributed by atoms with Crippen LogP contribution in [0.25, 0.3) is 0 Å². The number of nitrogens with one attached hydrogen (secondary N) is 1. The summed E-state index contributed by atoms with van der Waals surface area (Å²) in [6.07, 6.45) is 5.79. The van der Waals surface area contributed by atoms with Crippen molar-refractivity contribution in [2.24, 2.45) is 0 Å². The minimum Gasteiger partial charge on any atom is -0.369 e. The molecule has 0 saturated heterocycles. The molecule has 1 heterocycles. The van der Waals surface area contributed by atoms with Gasteiger partial charge in [-0.05, 0) is 17.8 Å². The Morgan fingerprint density at radius 3 is 2.82 bits per heavy atom. The molecular weight excluding hydrogens is 212 g/mol. The third-order valence-electron chi connectivity index (χ3n) is 2.71. The first-order valence-electron chi connectivity index (χ1n) is 5.67. The van der Waals surface area contributed by atoms with Gasteiger partial charge >= 0.3 is 0 Å². The maximum atomic E-state index is 11.5. The van der Waals surface area contributed by atoms with Crippen LogP contribution in [0.5, 0.6) is 0 Å². The van der Waals surface area contributed by atoms with Crippen molar-refractivity contribution in [3.63, 3.8) is 0 Å². The molecule has 1 aromatic rings. The van der Waals surface area contributed by atoms with Gasteiger partial charge in [-0.3, -0.25) is 4.79 Å². The minimum absolute atomic E-state index is 0.00703. The maximum Gasteiger partial charge on any atom is 0.248 e. The van der Waals surface area contributed by atoms with Gasteiger partial charge in [-0.2, -0.15) is 0 Å². The zero-order valence-electron chi connectivity index (χ0n) is 9.89. The van der Waals surface area contributed by atoms with E-state index in [1.165, 1.54) is 5.56 Å². The number of likely N-dealkylation sites (N-methyl/N-ethyl adjacent to an activating group) is 1. The Labute approximate surface area is 101 Å². The number of nitrogens with zero attached hydrogens (tertiary/aromatic N) is 1. The summed E-state index contributed by atoms with van der Waals surface area (Å²) in [4.78, 5) is 13.6. The third-order valence-corrected chi connectivity index (χ3v) is 2.71. The second kappa shape index (κ2) is 5.34. The number of amides is 1. The highest BCUT2D eigenvalue weighted by Gasteiger charge is 2.13. The van der Waals surface area contributed by atoms with E-state index >= 15 is 0 Å². The van der Waals surface area contributed by atoms with Crippen LogP contribution < -0.4 is 5.32 Å². The normalized spacial score (nSPS) is 14.4. The highest BCUT2D eigenvalue weighted by molar-refractivity contribution is 5.94. The average molecular weight is 228 g/mol. The van der Waals surface area contributed by atoms with Gasteiger partial charge in [0.1, 0.15) is 0 Å². The molecule has 88 valence electrons. The van der Waals surface area contributed by atoms with E-state index < -0.39 is 0 Å². The van der Waals surface area contributed by atoms with E-state index in [4.69, 9.17) is 0 Å². The Balaban J connectivity index is 2.00. The summed E-state index contributed by atoms with van der Waals surface area (Å²) < 4.78 is 0. The summed E-state index contributed by atoms with van der Waals surface area (Å²) in [7, 11) is 1.66. The van der Waals surface area contributed by atoms with E-state index in [1.54, 1.807) is 7.05 Å². The van der Waals surface area contributed by atoms with Crippen LogP contribution in [-0.2, 0) is 11.3 Å². The zero-order valence-corrected chi connectivity index (χ0v) is 9.89. The van der Waals surface area contributed by atoms with E-state index in [1.807, 2.05) is 36.6 Å². The molecule has 0 bridgehead atoms. The molecule has 0 radical (unpaired) electrons. The minimum atomic E-state index is -0.00703. The molecule has 0 unspecified atom stereocenters. The quantitative estimate of drug-likeness (QED) is 0.853. The molecule has 1 N–H and O–H groups in total. The molecule has 1 aliphatic rings. The monoisotopic (exact) mass is 228 g/mol. The number of rotatable bonds is 3. The molecule has 1 amide bonds. The number of carbonyl (C=O) groups is 1. The maximum absolute atomic E-state index is 11.5. The predicted octanol–water partition coefficient (Wildman–Crippen LogP) is 1.69. The zero-order chi connectivity index (χ0) is 12.1. The number of hydrogen-bond acceptors (Lipinski definition) is 2. The van der Waals surface area contributed by atoms with Crippen molar-refractivity contribution in [2.75, 3.05) is 13.6 Å². The lowest BCUT2D eigenvalue weighted by molar-refractivity contribution is -0.117. The first kappa shape index (κ1) is 11.5. The predicted molar refractivity (Wildman–Crippen MR) is 68.1 cm³/mol. The van der Waals surface area contributed by atoms with Gasteiger partial charge in [0.25, 0.3) is 0 Å². The smallest absolute Gasteiger partial charge is 0.248 e. The fourth-order valence-corrected chi connectivity index (χ4v) is 1.84. The Morgan fingerprint density at radius 2 is 2.12 bits per heavy atom. The van der Waals surface area contributed by atoms with Crippen molar-refractivity contribution in [1.82, 2.24) is 10.2 Å². The highest BCUT2D eigenvalue weighted by Crippen LogP contribution is 2.11. The van der Waals surface area contributed by atoms with Crippen LogP contribution in [0.4, 0.5) is 0 Å². The Bertz CT molecular complexity index is 449. The molecule has 0 aliphatic carbocycles. The van der Waals surface area contributed by atoms with Crippen molar-refractivity contribution >= 4 is 5.91 Å². The van der Waals surface area contributed by atoms with Crippen LogP contribution in [0.2, 0.25) is 0 Å². The van der Waals surface area contributed by atoms with Crippen molar-refractivity contribution < 1.29 is 4.79 Å². The molecule has 0 spiro atoms. The number of benzene rings is 1. The summed E-state index contributed by atoms with van der Waals surface area (Å²) in [5.74, 6) is -0.00703. The number of allylic oxidation sites excluding steroid dienone is 2. The molecule has 0 aromatic heterocycles. The average Bonchev–Trinajstić information content (AvgIpc) is 2.39. The van der Waals surface area contributed by atoms with Crippen LogP contribution >= 0.6 is 0 Å². The van der Waals surface area contributed by atoms with Crippen LogP contribution in [0.1, 0.15) is 5.56 Å². The second-order valence-corrected chi connectivity index (χ2v) is 4.00. The van der Waals surface area contributed by atoms with Gasteiger partial charge in [0.2, 0.25) is 5.91 Å². The van der Waals surface area contributed by atoms with E-state index in [-0.39, 0.29) is 5.91 Å². The van der Waals surface area contributed by atoms with Crippen molar-refractivity contribution in [2.45, 2.75) is 6.54 Å². The lowest BCUT2D eigenvalue weighted by Crippen LogP contribution is -2.30. The number of hydrogen-bond donors (Lipinski definition) is 1. The first-order chi connectivity index (χ1) is 8.29. The molecule has 17 heavy (non-hydrogen) atoms. The van der Waals surface area contributed by atoms with Gasteiger partial charge in [-0.25, -0.2) is 0 Å². The fourth-order valence-electron chi connectivity index (χ4n) is 1.84. The van der Waals surface area contributed by atoms with Gasteiger partial charge in [0.05, 0.1) is 0 Å². The summed E-state index contributed by atoms with van der Waals surface area (Å²) >= 11 is 0. The van der Waals surface area contributed by atoms with Crippen molar-refractivity contribution in [3.05, 3.63) is 59.8 Å². The Hall–Kier alpha value is -2.03. The first-order valence-corrected chi connectivity index (χ1v) is 5.67. The van der Waals surface area contributed by atoms with Crippen molar-refractivity contribution in [1.29, 1.82) is 0 Å². The summed E-state index contributed by atoms with van der Waals surface area (Å²) in [6.45, 7) is 1.48. The molecular formula is C14H16N2O. The van der Waals surface area contributed by atoms with Crippen LogP contribution in [-0.4, -0.2) is 24.4 Å². The molecule has 0 atom stereocenters. The summed E-state index contributed by atoms with van der Waals surface area (Å²) in [5.41, 5.74) is 2.04. The van der Waals surface area contributed by atoms with E-state index in [2.05, 4.69) is 22.3 Å². The topological polar surface area (TPSA) is 32.3 Å². The molecule has 0 saturated carbocycles. The standard InChI is InChI=1S/C14H16N2O/c1-15-14(17)13-8-5-9-16(11-13)10-12-6-3-2-4-7-12/h2-9H,10-11H2,1H3,(H,15,17). The summed E-state index contributed by atoms with van der Waals surface area (Å²) in [5, 5.41) is 2.65. The molecule has 1 aliphatic heterocycles. The van der Waals surface area contributed by atoms with Gasteiger partial charge in [0, 0.05) is 25.7 Å². The van der Waals surface area contributed by atoms with Crippen LogP contribution in [0.3, 0.4) is 0 Å². The molecule has 1 aromatic carbocycles. The lowest BCUT2D eigenvalue weighted by Gasteiger charge is -2.24. The fraction of sp³-hybridized carbons (Fsp3) is 0.214. The van der Waals surface area contributed by atoms with Gasteiger partial charge in [-0.1, -0.05) is 36.4 Å². The Morgan fingerprint density at radius 1 is 1.35 bits per heavy atom. The van der Waals surface area contributed by atoms with Crippen molar-refractivity contribution in [3.8, 4) is 0 Å². The molecule has 2 rings (SSSR count). The van der Waals surface area contributed by atoms with E-state index in [9.17, 15) is 4.79 Å². The van der Waals surface area contributed by atoms with E-state index in [0.29, 0.717) is 6.54 Å². The SMILES string of the molecule is CNC(=O)C1=CC=CN(Cc2ccccc2)C1. The molecule has 3 nitrogen and oxygen atoms in total. The largest absolute Gasteiger partial charge is 0.369 e. The second-order valence-electron chi connectivity index (χ2n) is 4.00. The van der Waals surface area contributed by atoms with Crippen LogP contribution in [0, 0.1) is 0 Å². The van der Waals surface area contributed by atoms with Gasteiger partial charge in [-0.15, -0.1) is 0 Å². The summed E-state index contributed by atoms with van der Waals surface area (Å²) in [6, 6.07) is 10.2. The third kappa shape index (κ3) is 2.97. The van der Waals surface area contributed by atoms with Crippen LogP contribution in [0.15, 0.2) is 54.3 Å². The van der Waals surface area contributed by atoms with Gasteiger partial charge in [0.15, 0.2) is 0 Å². The molecule has 0 fully saturated rings. The molecule has 3 heteroatoms. The van der Waals surface area contributed by atoms with E-state index in [0.717, 1.165) is 12.1 Å². The van der Waals surface area contributed by atoms with Gasteiger partial charge < -0.3 is 10.2 Å². The Kier molecular flexibility index (Phi) is 3.60. The highest BCUT2D eigenvalue weighted by atomic mass is 16.1. The number of carbonyl (C=O) groups excluding carboxylic acids is 1. The lowest BCUT2D eigenvalue weighted by atomic mass is 10.1.